The minimum Gasteiger partial charge on any atom is -0.371 e. The number of guanidine groups is 1. The minimum absolute atomic E-state index is 0.196. The van der Waals surface area contributed by atoms with Crippen molar-refractivity contribution in [3.05, 3.63) is 66.0 Å². The SMILES string of the molecule is CN=C(NCC(C)(C)c1cccc(F)c1)NC1CCN(c2ccccc2)CC1. The Hall–Kier alpha value is -2.56. The molecule has 0 atom stereocenters. The lowest BCUT2D eigenvalue weighted by Gasteiger charge is -2.35. The van der Waals surface area contributed by atoms with Crippen LogP contribution in [0.1, 0.15) is 32.3 Å². The van der Waals surface area contributed by atoms with Gasteiger partial charge in [0, 0.05) is 43.8 Å². The van der Waals surface area contributed by atoms with E-state index in [0.717, 1.165) is 37.5 Å². The van der Waals surface area contributed by atoms with Crippen molar-refractivity contribution in [1.29, 1.82) is 0 Å². The first kappa shape index (κ1) is 20.2. The van der Waals surface area contributed by atoms with Gasteiger partial charge in [-0.1, -0.05) is 44.2 Å². The van der Waals surface area contributed by atoms with Crippen LogP contribution in [0.4, 0.5) is 10.1 Å². The maximum absolute atomic E-state index is 13.6. The molecule has 0 saturated carbocycles. The van der Waals surface area contributed by atoms with Crippen molar-refractivity contribution in [2.75, 3.05) is 31.6 Å². The molecule has 0 aromatic heterocycles. The van der Waals surface area contributed by atoms with Crippen molar-refractivity contribution in [3.63, 3.8) is 0 Å². The van der Waals surface area contributed by atoms with Gasteiger partial charge in [-0.3, -0.25) is 4.99 Å². The van der Waals surface area contributed by atoms with Gasteiger partial charge >= 0.3 is 0 Å². The van der Waals surface area contributed by atoms with Crippen molar-refractivity contribution in [3.8, 4) is 0 Å². The van der Waals surface area contributed by atoms with Crippen LogP contribution in [-0.4, -0.2) is 38.7 Å². The molecule has 2 aromatic carbocycles. The molecule has 1 saturated heterocycles. The number of para-hydroxylation sites is 1. The summed E-state index contributed by atoms with van der Waals surface area (Å²) in [4.78, 5) is 6.81. The lowest BCUT2D eigenvalue weighted by Crippen LogP contribution is -2.50. The summed E-state index contributed by atoms with van der Waals surface area (Å²) >= 11 is 0. The fourth-order valence-corrected chi connectivity index (χ4v) is 3.63. The highest BCUT2D eigenvalue weighted by Crippen LogP contribution is 2.23. The first-order chi connectivity index (χ1) is 13.5. The third-order valence-corrected chi connectivity index (χ3v) is 5.48. The molecular weight excluding hydrogens is 351 g/mol. The number of hydrogen-bond donors (Lipinski definition) is 2. The van der Waals surface area contributed by atoms with Crippen molar-refractivity contribution in [2.24, 2.45) is 4.99 Å². The fraction of sp³-hybridized carbons (Fsp3) is 0.435. The van der Waals surface area contributed by atoms with E-state index in [1.165, 1.54) is 11.8 Å². The Morgan fingerprint density at radius 3 is 2.46 bits per heavy atom. The summed E-state index contributed by atoms with van der Waals surface area (Å²) in [7, 11) is 1.80. The van der Waals surface area contributed by atoms with Gasteiger partial charge in [-0.25, -0.2) is 4.39 Å². The van der Waals surface area contributed by atoms with Gasteiger partial charge in [0.2, 0.25) is 0 Å². The molecule has 1 heterocycles. The molecule has 1 fully saturated rings. The minimum atomic E-state index is -0.198. The van der Waals surface area contributed by atoms with E-state index in [9.17, 15) is 4.39 Å². The van der Waals surface area contributed by atoms with Crippen molar-refractivity contribution in [1.82, 2.24) is 10.6 Å². The molecule has 0 amide bonds. The van der Waals surface area contributed by atoms with Gasteiger partial charge in [0.25, 0.3) is 0 Å². The van der Waals surface area contributed by atoms with Crippen LogP contribution in [0.25, 0.3) is 0 Å². The lowest BCUT2D eigenvalue weighted by molar-refractivity contribution is 0.453. The molecular formula is C23H31FN4. The summed E-state index contributed by atoms with van der Waals surface area (Å²) in [5.41, 5.74) is 2.07. The van der Waals surface area contributed by atoms with Crippen LogP contribution < -0.4 is 15.5 Å². The van der Waals surface area contributed by atoms with Crippen LogP contribution >= 0.6 is 0 Å². The number of nitrogens with one attached hydrogen (secondary N) is 2. The number of anilines is 1. The molecule has 3 rings (SSSR count). The monoisotopic (exact) mass is 382 g/mol. The predicted molar refractivity (Wildman–Crippen MR) is 116 cm³/mol. The molecule has 0 aliphatic carbocycles. The first-order valence-corrected chi connectivity index (χ1v) is 10.0. The Morgan fingerprint density at radius 1 is 1.11 bits per heavy atom. The number of hydrogen-bond acceptors (Lipinski definition) is 2. The molecule has 0 spiro atoms. The van der Waals surface area contributed by atoms with Crippen LogP contribution in [0.15, 0.2) is 59.6 Å². The predicted octanol–water partition coefficient (Wildman–Crippen LogP) is 3.94. The van der Waals surface area contributed by atoms with Crippen LogP contribution in [0.5, 0.6) is 0 Å². The maximum Gasteiger partial charge on any atom is 0.191 e. The van der Waals surface area contributed by atoms with E-state index in [1.54, 1.807) is 19.2 Å². The number of rotatable bonds is 5. The highest BCUT2D eigenvalue weighted by Gasteiger charge is 2.23. The molecule has 2 N–H and O–H groups in total. The van der Waals surface area contributed by atoms with Crippen molar-refractivity contribution in [2.45, 2.75) is 38.1 Å². The highest BCUT2D eigenvalue weighted by molar-refractivity contribution is 5.80. The van der Waals surface area contributed by atoms with Gasteiger partial charge in [-0.15, -0.1) is 0 Å². The molecule has 0 unspecified atom stereocenters. The van der Waals surface area contributed by atoms with E-state index >= 15 is 0 Å². The van der Waals surface area contributed by atoms with Gasteiger partial charge in [-0.2, -0.15) is 0 Å². The summed E-state index contributed by atoms with van der Waals surface area (Å²) in [5.74, 6) is 0.612. The third-order valence-electron chi connectivity index (χ3n) is 5.48. The van der Waals surface area contributed by atoms with Gasteiger partial charge in [0.1, 0.15) is 5.82 Å². The van der Waals surface area contributed by atoms with Gasteiger partial charge in [-0.05, 0) is 42.7 Å². The number of piperidine rings is 1. The second kappa shape index (κ2) is 9.09. The number of aliphatic imine (C=N–C) groups is 1. The second-order valence-electron chi connectivity index (χ2n) is 8.06. The quantitative estimate of drug-likeness (QED) is 0.608. The summed E-state index contributed by atoms with van der Waals surface area (Å²) in [6, 6.07) is 17.8. The van der Waals surface area contributed by atoms with Crippen molar-refractivity contribution >= 4 is 11.6 Å². The molecule has 5 heteroatoms. The van der Waals surface area contributed by atoms with Gasteiger partial charge < -0.3 is 15.5 Å². The summed E-state index contributed by atoms with van der Waals surface area (Å²) in [5, 5.41) is 6.97. The molecule has 1 aliphatic rings. The zero-order valence-electron chi connectivity index (χ0n) is 17.1. The zero-order chi connectivity index (χ0) is 20.0. The summed E-state index contributed by atoms with van der Waals surface area (Å²) in [6.07, 6.45) is 2.14. The van der Waals surface area contributed by atoms with Crippen LogP contribution in [0.3, 0.4) is 0 Å². The topological polar surface area (TPSA) is 39.7 Å². The Bertz CT molecular complexity index is 780. The Kier molecular flexibility index (Phi) is 6.55. The maximum atomic E-state index is 13.6. The van der Waals surface area contributed by atoms with Gasteiger partial charge in [0.15, 0.2) is 5.96 Å². The average molecular weight is 383 g/mol. The van der Waals surface area contributed by atoms with E-state index < -0.39 is 0 Å². The molecule has 0 bridgehead atoms. The fourth-order valence-electron chi connectivity index (χ4n) is 3.63. The number of benzene rings is 2. The van der Waals surface area contributed by atoms with Crippen molar-refractivity contribution < 1.29 is 4.39 Å². The Balaban J connectivity index is 1.50. The summed E-state index contributed by atoms with van der Waals surface area (Å²) in [6.45, 7) is 6.97. The third kappa shape index (κ3) is 5.24. The Labute approximate surface area is 167 Å². The number of halogens is 1. The highest BCUT2D eigenvalue weighted by atomic mass is 19.1. The standard InChI is InChI=1S/C23H31FN4/c1-23(2,18-8-7-9-19(24)16-18)17-26-22(25-3)27-20-12-14-28(15-13-20)21-10-5-4-6-11-21/h4-11,16,20H,12-15,17H2,1-3H3,(H2,25,26,27). The lowest BCUT2D eigenvalue weighted by atomic mass is 9.84. The normalized spacial score (nSPS) is 16.1. The van der Waals surface area contributed by atoms with Crippen LogP contribution in [0.2, 0.25) is 0 Å². The van der Waals surface area contributed by atoms with Crippen LogP contribution in [0, 0.1) is 5.82 Å². The largest absolute Gasteiger partial charge is 0.371 e. The molecule has 150 valence electrons. The van der Waals surface area contributed by atoms with E-state index in [-0.39, 0.29) is 11.2 Å². The van der Waals surface area contributed by atoms with Crippen LogP contribution in [-0.2, 0) is 5.41 Å². The molecule has 1 aliphatic heterocycles. The molecule has 2 aromatic rings. The zero-order valence-corrected chi connectivity index (χ0v) is 17.1. The smallest absolute Gasteiger partial charge is 0.191 e. The molecule has 28 heavy (non-hydrogen) atoms. The van der Waals surface area contributed by atoms with E-state index in [2.05, 4.69) is 64.7 Å². The average Bonchev–Trinajstić information content (AvgIpc) is 2.72. The van der Waals surface area contributed by atoms with E-state index in [4.69, 9.17) is 0 Å². The Morgan fingerprint density at radius 2 is 1.82 bits per heavy atom. The molecule has 0 radical (unpaired) electrons. The molecule has 4 nitrogen and oxygen atoms in total. The van der Waals surface area contributed by atoms with E-state index in [0.29, 0.717) is 12.6 Å². The number of nitrogens with zero attached hydrogens (tertiary/aromatic N) is 2. The van der Waals surface area contributed by atoms with E-state index in [1.807, 2.05) is 6.07 Å². The van der Waals surface area contributed by atoms with Gasteiger partial charge in [0.05, 0.1) is 0 Å². The summed E-state index contributed by atoms with van der Waals surface area (Å²) < 4.78 is 13.6. The second-order valence-corrected chi connectivity index (χ2v) is 8.06. The first-order valence-electron chi connectivity index (χ1n) is 10.0.